The van der Waals surface area contributed by atoms with E-state index in [-0.39, 0.29) is 0 Å². The minimum atomic E-state index is 0.541. The smallest absolute Gasteiger partial charge is 0.179 e. The Labute approximate surface area is 62.4 Å². The second-order valence-corrected chi connectivity index (χ2v) is 2.85. The molecule has 0 saturated carbocycles. The van der Waals surface area contributed by atoms with Crippen molar-refractivity contribution in [2.75, 3.05) is 6.54 Å². The third-order valence-corrected chi connectivity index (χ3v) is 2.23. The summed E-state index contributed by atoms with van der Waals surface area (Å²) in [5, 5.41) is 8.67. The Hall–Kier alpha value is -0.710. The third kappa shape index (κ3) is 1.41. The summed E-state index contributed by atoms with van der Waals surface area (Å²) in [6, 6.07) is 0.541. The van der Waals surface area contributed by atoms with Gasteiger partial charge in [0.05, 0.1) is 0 Å². The van der Waals surface area contributed by atoms with E-state index >= 15 is 0 Å². The first kappa shape index (κ1) is 7.40. The van der Waals surface area contributed by atoms with Crippen molar-refractivity contribution in [3.05, 3.63) is 0 Å². The van der Waals surface area contributed by atoms with Gasteiger partial charge in [0.25, 0.3) is 0 Å². The molecule has 56 valence electrons. The highest BCUT2D eigenvalue weighted by molar-refractivity contribution is 4.84. The molecule has 1 saturated heterocycles. The number of hydrogen-bond donors (Lipinski definition) is 0. The molecule has 1 aliphatic rings. The molecule has 0 aromatic rings. The SMILES string of the molecule is CCC1CCCCN1C#N. The zero-order valence-corrected chi connectivity index (χ0v) is 6.51. The average Bonchev–Trinajstić information content (AvgIpc) is 2.04. The van der Waals surface area contributed by atoms with E-state index in [9.17, 15) is 0 Å². The lowest BCUT2D eigenvalue weighted by Crippen LogP contribution is -2.34. The van der Waals surface area contributed by atoms with E-state index in [1.165, 1.54) is 19.3 Å². The summed E-state index contributed by atoms with van der Waals surface area (Å²) in [5.41, 5.74) is 0. The van der Waals surface area contributed by atoms with Crippen LogP contribution >= 0.6 is 0 Å². The van der Waals surface area contributed by atoms with Crippen LogP contribution in [0.3, 0.4) is 0 Å². The summed E-state index contributed by atoms with van der Waals surface area (Å²) in [7, 11) is 0. The average molecular weight is 138 g/mol. The molecule has 10 heavy (non-hydrogen) atoms. The molecule has 1 rings (SSSR count). The normalized spacial score (nSPS) is 26.0. The predicted octanol–water partition coefficient (Wildman–Crippen LogP) is 1.73. The van der Waals surface area contributed by atoms with Crippen LogP contribution in [0.1, 0.15) is 32.6 Å². The molecule has 1 atom stereocenters. The fourth-order valence-corrected chi connectivity index (χ4v) is 1.56. The molecule has 2 heteroatoms. The van der Waals surface area contributed by atoms with E-state index in [2.05, 4.69) is 13.1 Å². The van der Waals surface area contributed by atoms with Crippen LogP contribution in [0.4, 0.5) is 0 Å². The predicted molar refractivity (Wildman–Crippen MR) is 40.2 cm³/mol. The van der Waals surface area contributed by atoms with E-state index in [1.807, 2.05) is 4.90 Å². The lowest BCUT2D eigenvalue weighted by Gasteiger charge is -2.30. The second-order valence-electron chi connectivity index (χ2n) is 2.85. The van der Waals surface area contributed by atoms with Crippen molar-refractivity contribution in [2.24, 2.45) is 0 Å². The van der Waals surface area contributed by atoms with E-state index in [1.54, 1.807) is 0 Å². The van der Waals surface area contributed by atoms with Crippen LogP contribution in [0.15, 0.2) is 0 Å². The maximum atomic E-state index is 8.67. The second kappa shape index (κ2) is 3.46. The highest BCUT2D eigenvalue weighted by Gasteiger charge is 2.18. The number of likely N-dealkylation sites (tertiary alicyclic amines) is 1. The minimum Gasteiger partial charge on any atom is -0.308 e. The van der Waals surface area contributed by atoms with Crippen molar-refractivity contribution in [3.63, 3.8) is 0 Å². The fourth-order valence-electron chi connectivity index (χ4n) is 1.56. The summed E-state index contributed by atoms with van der Waals surface area (Å²) in [6.07, 6.45) is 7.07. The lowest BCUT2D eigenvalue weighted by atomic mass is 10.0. The molecule has 1 unspecified atom stereocenters. The Kier molecular flexibility index (Phi) is 2.56. The van der Waals surface area contributed by atoms with Gasteiger partial charge in [-0.2, -0.15) is 5.26 Å². The van der Waals surface area contributed by atoms with Crippen molar-refractivity contribution in [1.82, 2.24) is 4.90 Å². The quantitative estimate of drug-likeness (QED) is 0.516. The van der Waals surface area contributed by atoms with Gasteiger partial charge in [0, 0.05) is 12.6 Å². The van der Waals surface area contributed by atoms with Crippen LogP contribution in [0, 0.1) is 11.5 Å². The summed E-state index contributed by atoms with van der Waals surface area (Å²) in [4.78, 5) is 1.92. The van der Waals surface area contributed by atoms with Gasteiger partial charge >= 0.3 is 0 Å². The maximum absolute atomic E-state index is 8.67. The Morgan fingerprint density at radius 1 is 1.60 bits per heavy atom. The third-order valence-electron chi connectivity index (χ3n) is 2.23. The summed E-state index contributed by atoms with van der Waals surface area (Å²) in [5.74, 6) is 0. The molecule has 1 fully saturated rings. The molecule has 0 N–H and O–H groups in total. The molecular formula is C8H14N2. The topological polar surface area (TPSA) is 27.0 Å². The molecule has 0 radical (unpaired) electrons. The zero-order chi connectivity index (χ0) is 7.40. The molecule has 0 aromatic carbocycles. The standard InChI is InChI=1S/C8H14N2/c1-2-8-5-3-4-6-10(8)7-9/h8H,2-6H2,1H3. The largest absolute Gasteiger partial charge is 0.308 e. The van der Waals surface area contributed by atoms with Gasteiger partial charge in [-0.15, -0.1) is 0 Å². The van der Waals surface area contributed by atoms with Crippen LogP contribution in [0.25, 0.3) is 0 Å². The van der Waals surface area contributed by atoms with Crippen molar-refractivity contribution >= 4 is 0 Å². The maximum Gasteiger partial charge on any atom is 0.179 e. The summed E-state index contributed by atoms with van der Waals surface area (Å²) in [6.45, 7) is 3.13. The van der Waals surface area contributed by atoms with Crippen LogP contribution in [0.2, 0.25) is 0 Å². The highest BCUT2D eigenvalue weighted by atomic mass is 15.1. The van der Waals surface area contributed by atoms with E-state index in [4.69, 9.17) is 5.26 Å². The lowest BCUT2D eigenvalue weighted by molar-refractivity contribution is 0.218. The first-order valence-corrected chi connectivity index (χ1v) is 4.05. The van der Waals surface area contributed by atoms with Crippen molar-refractivity contribution in [2.45, 2.75) is 38.6 Å². The summed E-state index contributed by atoms with van der Waals surface area (Å²) >= 11 is 0. The number of nitrogens with zero attached hydrogens (tertiary/aromatic N) is 2. The molecule has 0 aromatic heterocycles. The Morgan fingerprint density at radius 3 is 2.90 bits per heavy atom. The van der Waals surface area contributed by atoms with Crippen molar-refractivity contribution < 1.29 is 0 Å². The molecule has 0 amide bonds. The first-order valence-electron chi connectivity index (χ1n) is 4.05. The Bertz CT molecular complexity index is 137. The van der Waals surface area contributed by atoms with Gasteiger partial charge in [0.1, 0.15) is 0 Å². The van der Waals surface area contributed by atoms with Gasteiger partial charge in [-0.25, -0.2) is 0 Å². The van der Waals surface area contributed by atoms with Crippen molar-refractivity contribution in [3.8, 4) is 6.19 Å². The van der Waals surface area contributed by atoms with Crippen LogP contribution in [0.5, 0.6) is 0 Å². The van der Waals surface area contributed by atoms with Gasteiger partial charge in [-0.05, 0) is 25.7 Å². The molecule has 0 aliphatic carbocycles. The van der Waals surface area contributed by atoms with Gasteiger partial charge < -0.3 is 4.90 Å². The van der Waals surface area contributed by atoms with Crippen LogP contribution in [-0.4, -0.2) is 17.5 Å². The van der Waals surface area contributed by atoms with Crippen LogP contribution in [-0.2, 0) is 0 Å². The number of rotatable bonds is 1. The van der Waals surface area contributed by atoms with E-state index in [0.717, 1.165) is 13.0 Å². The molecule has 2 nitrogen and oxygen atoms in total. The molecular weight excluding hydrogens is 124 g/mol. The Morgan fingerprint density at radius 2 is 2.40 bits per heavy atom. The summed E-state index contributed by atoms with van der Waals surface area (Å²) < 4.78 is 0. The Balaban J connectivity index is 2.44. The molecule has 1 heterocycles. The van der Waals surface area contributed by atoms with E-state index in [0.29, 0.717) is 6.04 Å². The van der Waals surface area contributed by atoms with Gasteiger partial charge in [0.2, 0.25) is 0 Å². The minimum absolute atomic E-state index is 0.541. The number of hydrogen-bond acceptors (Lipinski definition) is 2. The highest BCUT2D eigenvalue weighted by Crippen LogP contribution is 2.17. The van der Waals surface area contributed by atoms with Gasteiger partial charge in [0.15, 0.2) is 6.19 Å². The molecule has 1 aliphatic heterocycles. The van der Waals surface area contributed by atoms with E-state index < -0.39 is 0 Å². The van der Waals surface area contributed by atoms with Gasteiger partial charge in [-0.3, -0.25) is 0 Å². The van der Waals surface area contributed by atoms with Crippen molar-refractivity contribution in [1.29, 1.82) is 5.26 Å². The zero-order valence-electron chi connectivity index (χ0n) is 6.51. The monoisotopic (exact) mass is 138 g/mol. The fraction of sp³-hybridized carbons (Fsp3) is 0.875. The van der Waals surface area contributed by atoms with Crippen LogP contribution < -0.4 is 0 Å². The molecule has 0 spiro atoms. The first-order chi connectivity index (χ1) is 4.88. The number of piperidine rings is 1. The molecule has 0 bridgehead atoms. The van der Waals surface area contributed by atoms with Gasteiger partial charge in [-0.1, -0.05) is 6.92 Å². The number of nitriles is 1.